The van der Waals surface area contributed by atoms with Crippen molar-refractivity contribution in [3.05, 3.63) is 71.8 Å². The van der Waals surface area contributed by atoms with Crippen molar-refractivity contribution in [1.29, 1.82) is 0 Å². The molecule has 0 saturated heterocycles. The molecule has 0 nitrogen and oxygen atoms in total. The lowest BCUT2D eigenvalue weighted by Crippen LogP contribution is -1.70. The molecule has 2 aromatic carbocycles. The Morgan fingerprint density at radius 1 is 0.409 bits per heavy atom. The van der Waals surface area contributed by atoms with Gasteiger partial charge in [0.1, 0.15) is 0 Å². The molecule has 0 spiro atoms. The molecule has 0 amide bonds. The highest BCUT2D eigenvalue weighted by Crippen LogP contribution is 2.06. The Morgan fingerprint density at radius 3 is 0.864 bits per heavy atom. The van der Waals surface area contributed by atoms with Gasteiger partial charge in [0.15, 0.2) is 0 Å². The Balaban J connectivity index is -0.000000394. The molecule has 0 bridgehead atoms. The minimum absolute atomic E-state index is 1.23. The van der Waals surface area contributed by atoms with Crippen molar-refractivity contribution in [2.75, 3.05) is 0 Å². The third kappa shape index (κ3) is 14.6. The van der Waals surface area contributed by atoms with E-state index < -0.39 is 0 Å². The molecule has 0 aliphatic heterocycles. The van der Waals surface area contributed by atoms with Gasteiger partial charge in [-0.15, -0.1) is 0 Å². The van der Waals surface area contributed by atoms with Crippen molar-refractivity contribution in [1.82, 2.24) is 0 Å². The van der Waals surface area contributed by atoms with E-state index in [0.717, 1.165) is 0 Å². The maximum Gasteiger partial charge on any atom is -0.0256 e. The fourth-order valence-corrected chi connectivity index (χ4v) is 1.32. The van der Waals surface area contributed by atoms with Gasteiger partial charge in [0.2, 0.25) is 0 Å². The van der Waals surface area contributed by atoms with E-state index in [1.807, 2.05) is 91.8 Å². The summed E-state index contributed by atoms with van der Waals surface area (Å²) >= 11 is 0. The standard InChI is InChI=1S/C14H12.4C2H6/c1-3-7-13(8-4-1)11-12-14-9-5-2-6-10-14;4*1-2/h1-12H;4*1-2H3/b12-11+;;;;. The van der Waals surface area contributed by atoms with Crippen molar-refractivity contribution >= 4 is 12.2 Å². The Kier molecular flexibility index (Phi) is 27.7. The van der Waals surface area contributed by atoms with Gasteiger partial charge in [-0.2, -0.15) is 0 Å². The predicted octanol–water partition coefficient (Wildman–Crippen LogP) is 7.96. The van der Waals surface area contributed by atoms with Crippen LogP contribution in [0.1, 0.15) is 66.5 Å². The summed E-state index contributed by atoms with van der Waals surface area (Å²) in [7, 11) is 0. The molecule has 0 heterocycles. The first kappa shape index (κ1) is 25.2. The Hall–Kier alpha value is -1.82. The Morgan fingerprint density at radius 2 is 0.636 bits per heavy atom. The molecule has 124 valence electrons. The average Bonchev–Trinajstić information content (AvgIpc) is 2.68. The van der Waals surface area contributed by atoms with Crippen LogP contribution in [0.2, 0.25) is 0 Å². The van der Waals surface area contributed by atoms with Crippen LogP contribution in [-0.2, 0) is 0 Å². The molecule has 2 rings (SSSR count). The van der Waals surface area contributed by atoms with Gasteiger partial charge < -0.3 is 0 Å². The molecule has 0 saturated carbocycles. The summed E-state index contributed by atoms with van der Waals surface area (Å²) in [5, 5.41) is 0. The van der Waals surface area contributed by atoms with Crippen molar-refractivity contribution in [3.8, 4) is 0 Å². The van der Waals surface area contributed by atoms with Crippen LogP contribution in [0.5, 0.6) is 0 Å². The average molecular weight is 301 g/mol. The summed E-state index contributed by atoms with van der Waals surface area (Å²) < 4.78 is 0. The molecule has 0 aliphatic rings. The predicted molar refractivity (Wildman–Crippen MR) is 107 cm³/mol. The molecular weight excluding hydrogens is 264 g/mol. The summed E-state index contributed by atoms with van der Waals surface area (Å²) in [4.78, 5) is 0. The fraction of sp³-hybridized carbons (Fsp3) is 0.364. The van der Waals surface area contributed by atoms with Crippen LogP contribution in [0.3, 0.4) is 0 Å². The highest BCUT2D eigenvalue weighted by molar-refractivity contribution is 5.69. The van der Waals surface area contributed by atoms with Gasteiger partial charge in [0.25, 0.3) is 0 Å². The van der Waals surface area contributed by atoms with Crippen molar-refractivity contribution < 1.29 is 0 Å². The van der Waals surface area contributed by atoms with Crippen LogP contribution in [0.4, 0.5) is 0 Å². The number of hydrogen-bond acceptors (Lipinski definition) is 0. The third-order valence-corrected chi connectivity index (χ3v) is 2.07. The molecule has 0 fully saturated rings. The minimum Gasteiger partial charge on any atom is -0.0683 e. The molecule has 22 heavy (non-hydrogen) atoms. The van der Waals surface area contributed by atoms with E-state index in [0.29, 0.717) is 0 Å². The first-order valence-electron chi connectivity index (χ1n) is 8.73. The first-order chi connectivity index (χ1) is 10.9. The van der Waals surface area contributed by atoms with E-state index in [1.165, 1.54) is 11.1 Å². The fourth-order valence-electron chi connectivity index (χ4n) is 1.32. The lowest BCUT2D eigenvalue weighted by Gasteiger charge is -1.92. The van der Waals surface area contributed by atoms with Crippen LogP contribution < -0.4 is 0 Å². The molecule has 0 N–H and O–H groups in total. The topological polar surface area (TPSA) is 0 Å². The van der Waals surface area contributed by atoms with Crippen LogP contribution in [0.15, 0.2) is 60.7 Å². The van der Waals surface area contributed by atoms with E-state index in [4.69, 9.17) is 0 Å². The highest BCUT2D eigenvalue weighted by Gasteiger charge is 1.84. The first-order valence-corrected chi connectivity index (χ1v) is 8.73. The summed E-state index contributed by atoms with van der Waals surface area (Å²) in [5.74, 6) is 0. The normalized spacial score (nSPS) is 7.82. The van der Waals surface area contributed by atoms with Gasteiger partial charge in [0.05, 0.1) is 0 Å². The second kappa shape index (κ2) is 24.2. The maximum atomic E-state index is 2.12. The largest absolute Gasteiger partial charge is 0.0683 e. The maximum absolute atomic E-state index is 2.12. The second-order valence-electron chi connectivity index (χ2n) is 3.15. The molecule has 0 unspecified atom stereocenters. The molecule has 0 radical (unpaired) electrons. The quantitative estimate of drug-likeness (QED) is 0.493. The molecule has 0 aromatic heterocycles. The van der Waals surface area contributed by atoms with Gasteiger partial charge in [-0.1, -0.05) is 128 Å². The van der Waals surface area contributed by atoms with E-state index in [2.05, 4.69) is 36.4 Å². The SMILES string of the molecule is C(=C\c1ccccc1)/c1ccccc1.CC.CC.CC.CC. The monoisotopic (exact) mass is 300 g/mol. The zero-order valence-corrected chi connectivity index (χ0v) is 15.9. The van der Waals surface area contributed by atoms with Crippen molar-refractivity contribution in [2.45, 2.75) is 55.4 Å². The van der Waals surface area contributed by atoms with Crippen LogP contribution in [0, 0.1) is 0 Å². The van der Waals surface area contributed by atoms with E-state index in [-0.39, 0.29) is 0 Å². The summed E-state index contributed by atoms with van der Waals surface area (Å²) in [6, 6.07) is 20.6. The van der Waals surface area contributed by atoms with Crippen LogP contribution >= 0.6 is 0 Å². The molecule has 2 aromatic rings. The van der Waals surface area contributed by atoms with Crippen LogP contribution in [0.25, 0.3) is 12.2 Å². The lowest BCUT2D eigenvalue weighted by atomic mass is 10.1. The Bertz CT molecular complexity index is 357. The highest BCUT2D eigenvalue weighted by atomic mass is 13.9. The lowest BCUT2D eigenvalue weighted by molar-refractivity contribution is 1.50. The number of hydrogen-bond donors (Lipinski definition) is 0. The van der Waals surface area contributed by atoms with E-state index in [1.54, 1.807) is 0 Å². The summed E-state index contributed by atoms with van der Waals surface area (Å²) in [5.41, 5.74) is 2.47. The molecular formula is C22H36. The van der Waals surface area contributed by atoms with E-state index >= 15 is 0 Å². The molecule has 0 aliphatic carbocycles. The van der Waals surface area contributed by atoms with Crippen LogP contribution in [-0.4, -0.2) is 0 Å². The van der Waals surface area contributed by atoms with Crippen molar-refractivity contribution in [3.63, 3.8) is 0 Å². The zero-order valence-electron chi connectivity index (χ0n) is 15.9. The molecule has 0 heteroatoms. The molecule has 0 atom stereocenters. The minimum atomic E-state index is 1.23. The number of rotatable bonds is 2. The van der Waals surface area contributed by atoms with Gasteiger partial charge in [-0.05, 0) is 11.1 Å². The Labute approximate surface area is 139 Å². The van der Waals surface area contributed by atoms with E-state index in [9.17, 15) is 0 Å². The van der Waals surface area contributed by atoms with Gasteiger partial charge >= 0.3 is 0 Å². The number of benzene rings is 2. The second-order valence-corrected chi connectivity index (χ2v) is 3.15. The van der Waals surface area contributed by atoms with Crippen molar-refractivity contribution in [2.24, 2.45) is 0 Å². The zero-order chi connectivity index (χ0) is 17.6. The third-order valence-electron chi connectivity index (χ3n) is 2.07. The smallest absolute Gasteiger partial charge is 0.0256 e. The summed E-state index contributed by atoms with van der Waals surface area (Å²) in [6.07, 6.45) is 4.24. The summed E-state index contributed by atoms with van der Waals surface area (Å²) in [6.45, 7) is 16.0. The van der Waals surface area contributed by atoms with Gasteiger partial charge in [0, 0.05) is 0 Å². The van der Waals surface area contributed by atoms with Gasteiger partial charge in [-0.3, -0.25) is 0 Å². The van der Waals surface area contributed by atoms with Gasteiger partial charge in [-0.25, -0.2) is 0 Å².